The van der Waals surface area contributed by atoms with Gasteiger partial charge in [0.1, 0.15) is 17.5 Å². The highest BCUT2D eigenvalue weighted by Gasteiger charge is 2.20. The molecule has 3 N–H and O–H groups in total. The number of aromatic amines is 1. The summed E-state index contributed by atoms with van der Waals surface area (Å²) < 4.78 is 28.5. The first-order valence-corrected chi connectivity index (χ1v) is 5.87. The van der Waals surface area contributed by atoms with Crippen molar-refractivity contribution in [2.24, 2.45) is 0 Å². The molecule has 0 saturated carbocycles. The van der Waals surface area contributed by atoms with Crippen molar-refractivity contribution in [3.8, 4) is 22.9 Å². The largest absolute Gasteiger partial charge is 0.435 e. The molecule has 2 rings (SSSR count). The number of nitrogens with one attached hydrogen (secondary N) is 1. The first-order valence-electron chi connectivity index (χ1n) is 5.12. The lowest BCUT2D eigenvalue weighted by Gasteiger charge is -2.10. The number of alkyl halides is 2. The van der Waals surface area contributed by atoms with Crippen LogP contribution >= 0.6 is 23.2 Å². The predicted octanol–water partition coefficient (Wildman–Crippen LogP) is 3.44. The lowest BCUT2D eigenvalue weighted by Crippen LogP contribution is -2.02. The van der Waals surface area contributed by atoms with E-state index in [1.807, 2.05) is 6.07 Å². The molecule has 0 unspecified atom stereocenters. The van der Waals surface area contributed by atoms with Crippen LogP contribution in [0, 0.1) is 11.3 Å². The molecule has 20 heavy (non-hydrogen) atoms. The Balaban J connectivity index is 2.59. The number of anilines is 1. The normalized spacial score (nSPS) is 10.6. The van der Waals surface area contributed by atoms with Crippen LogP contribution in [0.25, 0.3) is 11.1 Å². The van der Waals surface area contributed by atoms with E-state index in [0.29, 0.717) is 0 Å². The van der Waals surface area contributed by atoms with Gasteiger partial charge in [0, 0.05) is 5.56 Å². The minimum Gasteiger partial charge on any atom is -0.435 e. The third-order valence-corrected chi connectivity index (χ3v) is 2.99. The number of nitrogens with two attached hydrogens (primary N) is 1. The smallest absolute Gasteiger partial charge is 0.387 e. The van der Waals surface area contributed by atoms with Crippen molar-refractivity contribution >= 4 is 29.0 Å². The van der Waals surface area contributed by atoms with Gasteiger partial charge in [0.2, 0.25) is 0 Å². The molecule has 1 aromatic carbocycles. The van der Waals surface area contributed by atoms with Gasteiger partial charge in [-0.15, -0.1) is 0 Å². The van der Waals surface area contributed by atoms with Crippen molar-refractivity contribution < 1.29 is 13.5 Å². The van der Waals surface area contributed by atoms with E-state index in [2.05, 4.69) is 14.9 Å². The van der Waals surface area contributed by atoms with Crippen LogP contribution < -0.4 is 10.5 Å². The molecule has 0 saturated heterocycles. The SMILES string of the molecule is N#Cc1[nH]nc(N)c1-c1c(Cl)cc(OC(F)F)cc1Cl. The molecule has 0 aliphatic carbocycles. The Bertz CT molecular complexity index is 673. The average Bonchev–Trinajstić information content (AvgIpc) is 2.69. The zero-order valence-corrected chi connectivity index (χ0v) is 11.1. The fraction of sp³-hybridized carbons (Fsp3) is 0.0909. The minimum atomic E-state index is -3.00. The topological polar surface area (TPSA) is 87.7 Å². The van der Waals surface area contributed by atoms with Gasteiger partial charge in [-0.1, -0.05) is 23.2 Å². The standard InChI is InChI=1S/C11H6Cl2F2N4O/c12-5-1-4(20-11(14)15)2-6(13)8(5)9-7(3-16)18-19-10(9)17/h1-2,11H,(H3,17,18,19). The Kier molecular flexibility index (Phi) is 3.97. The Morgan fingerprint density at radius 1 is 1.30 bits per heavy atom. The Hall–Kier alpha value is -2.04. The van der Waals surface area contributed by atoms with Gasteiger partial charge in [-0.05, 0) is 12.1 Å². The van der Waals surface area contributed by atoms with E-state index in [1.54, 1.807) is 0 Å². The number of nitrogens with zero attached hydrogens (tertiary/aromatic N) is 2. The number of halogens is 4. The molecular formula is C11H6Cl2F2N4O. The molecule has 1 heterocycles. The maximum atomic E-state index is 12.2. The van der Waals surface area contributed by atoms with Crippen LogP contribution in [0.15, 0.2) is 12.1 Å². The van der Waals surface area contributed by atoms with Crippen LogP contribution in [0.4, 0.5) is 14.6 Å². The van der Waals surface area contributed by atoms with E-state index < -0.39 is 6.61 Å². The molecule has 5 nitrogen and oxygen atoms in total. The molecule has 0 aliphatic rings. The first-order chi connectivity index (χ1) is 9.43. The summed E-state index contributed by atoms with van der Waals surface area (Å²) in [5.74, 6) is -0.174. The first kappa shape index (κ1) is 14.4. The maximum absolute atomic E-state index is 12.2. The molecule has 104 valence electrons. The van der Waals surface area contributed by atoms with E-state index in [-0.39, 0.29) is 38.4 Å². The van der Waals surface area contributed by atoms with Gasteiger partial charge in [0.05, 0.1) is 15.6 Å². The third kappa shape index (κ3) is 2.61. The Labute approximate surface area is 121 Å². The number of benzene rings is 1. The summed E-state index contributed by atoms with van der Waals surface area (Å²) in [6.45, 7) is -3.00. The Morgan fingerprint density at radius 3 is 2.40 bits per heavy atom. The van der Waals surface area contributed by atoms with E-state index in [9.17, 15) is 8.78 Å². The fourth-order valence-corrected chi connectivity index (χ4v) is 2.31. The number of hydrogen-bond acceptors (Lipinski definition) is 4. The fourth-order valence-electron chi connectivity index (χ4n) is 1.65. The number of nitriles is 1. The highest BCUT2D eigenvalue weighted by Crippen LogP contribution is 2.41. The summed E-state index contributed by atoms with van der Waals surface area (Å²) in [5.41, 5.74) is 6.14. The van der Waals surface area contributed by atoms with Crippen molar-refractivity contribution in [1.29, 1.82) is 5.26 Å². The number of aromatic nitrogens is 2. The molecule has 0 aliphatic heterocycles. The summed E-state index contributed by atoms with van der Waals surface area (Å²) in [5, 5.41) is 15.1. The quantitative estimate of drug-likeness (QED) is 0.907. The highest BCUT2D eigenvalue weighted by molar-refractivity contribution is 6.39. The number of nitrogen functional groups attached to an aromatic ring is 1. The molecule has 0 bridgehead atoms. The van der Waals surface area contributed by atoms with Crippen molar-refractivity contribution in [1.82, 2.24) is 10.2 Å². The summed E-state index contributed by atoms with van der Waals surface area (Å²) in [6, 6.07) is 4.16. The van der Waals surface area contributed by atoms with Crippen LogP contribution in [0.3, 0.4) is 0 Å². The van der Waals surface area contributed by atoms with Gasteiger partial charge in [0.15, 0.2) is 5.82 Å². The number of rotatable bonds is 3. The third-order valence-electron chi connectivity index (χ3n) is 2.40. The van der Waals surface area contributed by atoms with E-state index in [1.165, 1.54) is 0 Å². The second-order valence-corrected chi connectivity index (χ2v) is 4.43. The second-order valence-electron chi connectivity index (χ2n) is 3.61. The van der Waals surface area contributed by atoms with Gasteiger partial charge >= 0.3 is 6.61 Å². The van der Waals surface area contributed by atoms with Gasteiger partial charge in [-0.25, -0.2) is 0 Å². The molecule has 2 aromatic rings. The molecule has 0 radical (unpaired) electrons. The number of ether oxygens (including phenoxy) is 1. The molecule has 0 fully saturated rings. The van der Waals surface area contributed by atoms with Crippen molar-refractivity contribution in [2.45, 2.75) is 6.61 Å². The zero-order valence-electron chi connectivity index (χ0n) is 9.62. The van der Waals surface area contributed by atoms with E-state index >= 15 is 0 Å². The highest BCUT2D eigenvalue weighted by atomic mass is 35.5. The second kappa shape index (κ2) is 5.53. The molecule has 9 heteroatoms. The number of hydrogen-bond donors (Lipinski definition) is 2. The van der Waals surface area contributed by atoms with Crippen LogP contribution in [-0.2, 0) is 0 Å². The molecule has 1 aromatic heterocycles. The minimum absolute atomic E-state index is 0.0118. The molecule has 0 spiro atoms. The van der Waals surface area contributed by atoms with Crippen LogP contribution in [-0.4, -0.2) is 16.8 Å². The Morgan fingerprint density at radius 2 is 1.90 bits per heavy atom. The van der Waals surface area contributed by atoms with Crippen molar-refractivity contribution in [3.05, 3.63) is 27.9 Å². The van der Waals surface area contributed by atoms with Crippen LogP contribution in [0.1, 0.15) is 5.69 Å². The summed E-state index contributed by atoms with van der Waals surface area (Å²) in [7, 11) is 0. The van der Waals surface area contributed by atoms with Crippen LogP contribution in [0.2, 0.25) is 10.0 Å². The van der Waals surface area contributed by atoms with Crippen LogP contribution in [0.5, 0.6) is 5.75 Å². The molecular weight excluding hydrogens is 313 g/mol. The molecule has 0 atom stereocenters. The van der Waals surface area contributed by atoms with Crippen molar-refractivity contribution in [3.63, 3.8) is 0 Å². The lowest BCUT2D eigenvalue weighted by molar-refractivity contribution is -0.0498. The van der Waals surface area contributed by atoms with E-state index in [0.717, 1.165) is 12.1 Å². The van der Waals surface area contributed by atoms with Gasteiger partial charge in [0.25, 0.3) is 0 Å². The van der Waals surface area contributed by atoms with Gasteiger partial charge in [-0.2, -0.15) is 19.1 Å². The zero-order chi connectivity index (χ0) is 14.9. The predicted molar refractivity (Wildman–Crippen MR) is 69.8 cm³/mol. The average molecular weight is 319 g/mol. The summed E-state index contributed by atoms with van der Waals surface area (Å²) in [4.78, 5) is 0. The van der Waals surface area contributed by atoms with Gasteiger partial charge < -0.3 is 10.5 Å². The lowest BCUT2D eigenvalue weighted by atomic mass is 10.1. The van der Waals surface area contributed by atoms with Gasteiger partial charge in [-0.3, -0.25) is 5.10 Å². The monoisotopic (exact) mass is 318 g/mol. The summed E-state index contributed by atoms with van der Waals surface area (Å²) in [6.07, 6.45) is 0. The molecule has 0 amide bonds. The maximum Gasteiger partial charge on any atom is 0.387 e. The van der Waals surface area contributed by atoms with E-state index in [4.69, 9.17) is 34.2 Å². The van der Waals surface area contributed by atoms with Crippen molar-refractivity contribution in [2.75, 3.05) is 5.73 Å². The summed E-state index contributed by atoms with van der Waals surface area (Å²) >= 11 is 12.0. The number of H-pyrrole nitrogens is 1.